The second-order valence-electron chi connectivity index (χ2n) is 7.52. The first-order valence-electron chi connectivity index (χ1n) is 9.66. The monoisotopic (exact) mass is 411 g/mol. The van der Waals surface area contributed by atoms with E-state index in [0.717, 1.165) is 16.8 Å². The summed E-state index contributed by atoms with van der Waals surface area (Å²) in [6, 6.07) is 9.59. The Labute approximate surface area is 174 Å². The molecule has 6 nitrogen and oxygen atoms in total. The summed E-state index contributed by atoms with van der Waals surface area (Å²) < 4.78 is 12.3. The third-order valence-corrected chi connectivity index (χ3v) is 6.07. The Morgan fingerprint density at radius 2 is 1.76 bits per heavy atom. The van der Waals surface area contributed by atoms with Gasteiger partial charge in [0.2, 0.25) is 0 Å². The van der Waals surface area contributed by atoms with E-state index in [4.69, 9.17) is 14.5 Å². The van der Waals surface area contributed by atoms with Crippen LogP contribution < -0.4 is 14.4 Å². The van der Waals surface area contributed by atoms with Crippen LogP contribution in [0.5, 0.6) is 11.5 Å². The summed E-state index contributed by atoms with van der Waals surface area (Å²) in [7, 11) is 4.00. The molecule has 1 aliphatic heterocycles. The van der Waals surface area contributed by atoms with E-state index in [1.165, 1.54) is 11.1 Å². The SMILES string of the molecule is Cc1cc2nc(N(CCN(C)C)C(=O)c3ccc4c(c3)OCCO4)sc2cc1C. The van der Waals surface area contributed by atoms with Gasteiger partial charge in [-0.25, -0.2) is 4.98 Å². The fourth-order valence-corrected chi connectivity index (χ4v) is 4.27. The Morgan fingerprint density at radius 3 is 2.52 bits per heavy atom. The summed E-state index contributed by atoms with van der Waals surface area (Å²) in [4.78, 5) is 22.0. The van der Waals surface area contributed by atoms with Crippen LogP contribution in [0.25, 0.3) is 10.2 Å². The van der Waals surface area contributed by atoms with E-state index in [0.29, 0.717) is 42.0 Å². The molecule has 1 amide bonds. The Hall–Kier alpha value is -2.64. The maximum atomic E-state index is 13.4. The van der Waals surface area contributed by atoms with Crippen molar-refractivity contribution in [1.29, 1.82) is 0 Å². The van der Waals surface area contributed by atoms with Gasteiger partial charge in [0.05, 0.1) is 10.2 Å². The maximum absolute atomic E-state index is 13.4. The van der Waals surface area contributed by atoms with Crippen molar-refractivity contribution >= 4 is 32.6 Å². The van der Waals surface area contributed by atoms with Gasteiger partial charge >= 0.3 is 0 Å². The van der Waals surface area contributed by atoms with Crippen LogP contribution >= 0.6 is 11.3 Å². The van der Waals surface area contributed by atoms with Gasteiger partial charge in [-0.1, -0.05) is 11.3 Å². The Kier molecular flexibility index (Phi) is 5.43. The number of ether oxygens (including phenoxy) is 2. The molecule has 29 heavy (non-hydrogen) atoms. The molecule has 0 atom stereocenters. The fraction of sp³-hybridized carbons (Fsp3) is 0.364. The van der Waals surface area contributed by atoms with Crippen molar-refractivity contribution < 1.29 is 14.3 Å². The van der Waals surface area contributed by atoms with Gasteiger partial charge in [-0.15, -0.1) is 0 Å². The molecule has 7 heteroatoms. The molecule has 0 radical (unpaired) electrons. The first-order valence-corrected chi connectivity index (χ1v) is 10.5. The summed E-state index contributed by atoms with van der Waals surface area (Å²) in [5, 5.41) is 0.715. The number of hydrogen-bond acceptors (Lipinski definition) is 6. The third kappa shape index (κ3) is 4.06. The topological polar surface area (TPSA) is 54.9 Å². The number of benzene rings is 2. The molecule has 2 heterocycles. The van der Waals surface area contributed by atoms with Gasteiger partial charge in [0.25, 0.3) is 5.91 Å². The van der Waals surface area contributed by atoms with Gasteiger partial charge in [0, 0.05) is 18.7 Å². The second kappa shape index (κ2) is 8.00. The zero-order chi connectivity index (χ0) is 20.5. The largest absolute Gasteiger partial charge is 0.486 e. The zero-order valence-corrected chi connectivity index (χ0v) is 18.0. The van der Waals surface area contributed by atoms with E-state index in [9.17, 15) is 4.79 Å². The molecule has 0 bridgehead atoms. The molecule has 1 aromatic heterocycles. The van der Waals surface area contributed by atoms with Crippen LogP contribution in [0.2, 0.25) is 0 Å². The van der Waals surface area contributed by atoms with Crippen molar-refractivity contribution in [2.45, 2.75) is 13.8 Å². The van der Waals surface area contributed by atoms with E-state index in [-0.39, 0.29) is 5.91 Å². The van der Waals surface area contributed by atoms with Crippen LogP contribution in [0.3, 0.4) is 0 Å². The van der Waals surface area contributed by atoms with Gasteiger partial charge < -0.3 is 14.4 Å². The van der Waals surface area contributed by atoms with Crippen LogP contribution in [0.1, 0.15) is 21.5 Å². The van der Waals surface area contributed by atoms with Crippen LogP contribution in [0, 0.1) is 13.8 Å². The Morgan fingerprint density at radius 1 is 1.03 bits per heavy atom. The Bertz CT molecular complexity index is 1020. The molecule has 4 rings (SSSR count). The van der Waals surface area contributed by atoms with Crippen LogP contribution in [-0.2, 0) is 0 Å². The van der Waals surface area contributed by atoms with Gasteiger partial charge in [-0.2, -0.15) is 0 Å². The number of hydrogen-bond donors (Lipinski definition) is 0. The molecule has 0 unspecified atom stereocenters. The molecule has 0 saturated carbocycles. The first kappa shape index (κ1) is 19.7. The number of amides is 1. The molecule has 1 aliphatic rings. The predicted octanol–water partition coefficient (Wildman–Crippen LogP) is 3.89. The highest BCUT2D eigenvalue weighted by molar-refractivity contribution is 7.22. The lowest BCUT2D eigenvalue weighted by Crippen LogP contribution is -2.36. The number of carbonyl (C=O) groups is 1. The average molecular weight is 412 g/mol. The Balaban J connectivity index is 1.70. The fourth-order valence-electron chi connectivity index (χ4n) is 3.20. The highest BCUT2D eigenvalue weighted by Gasteiger charge is 2.23. The minimum Gasteiger partial charge on any atom is -0.486 e. The summed E-state index contributed by atoms with van der Waals surface area (Å²) >= 11 is 1.55. The van der Waals surface area contributed by atoms with Crippen LogP contribution in [0.15, 0.2) is 30.3 Å². The molecule has 0 fully saturated rings. The zero-order valence-electron chi connectivity index (χ0n) is 17.2. The molecule has 152 valence electrons. The van der Waals surface area contributed by atoms with Crippen molar-refractivity contribution in [2.75, 3.05) is 45.3 Å². The highest BCUT2D eigenvalue weighted by atomic mass is 32.1. The first-order chi connectivity index (χ1) is 13.9. The number of rotatable bonds is 5. The van der Waals surface area contributed by atoms with Crippen molar-refractivity contribution in [3.63, 3.8) is 0 Å². The smallest absolute Gasteiger partial charge is 0.260 e. The molecule has 0 aliphatic carbocycles. The van der Waals surface area contributed by atoms with Crippen molar-refractivity contribution in [3.05, 3.63) is 47.0 Å². The lowest BCUT2D eigenvalue weighted by molar-refractivity contribution is 0.0984. The summed E-state index contributed by atoms with van der Waals surface area (Å²) in [5.74, 6) is 1.21. The lowest BCUT2D eigenvalue weighted by Gasteiger charge is -2.23. The van der Waals surface area contributed by atoms with Gasteiger partial charge in [0.15, 0.2) is 16.6 Å². The average Bonchev–Trinajstić information content (AvgIpc) is 3.10. The quantitative estimate of drug-likeness (QED) is 0.638. The molecule has 0 spiro atoms. The molecular formula is C22H25N3O3S. The van der Waals surface area contributed by atoms with E-state index >= 15 is 0 Å². The van der Waals surface area contributed by atoms with Gasteiger partial charge in [-0.3, -0.25) is 9.69 Å². The van der Waals surface area contributed by atoms with Gasteiger partial charge in [0.1, 0.15) is 13.2 Å². The maximum Gasteiger partial charge on any atom is 0.260 e. The van der Waals surface area contributed by atoms with E-state index in [1.54, 1.807) is 34.4 Å². The van der Waals surface area contributed by atoms with Crippen LogP contribution in [0.4, 0.5) is 5.13 Å². The number of nitrogens with zero attached hydrogens (tertiary/aromatic N) is 3. The minimum atomic E-state index is -0.0867. The number of fused-ring (bicyclic) bond motifs is 2. The number of carbonyl (C=O) groups excluding carboxylic acids is 1. The van der Waals surface area contributed by atoms with Crippen molar-refractivity contribution in [2.24, 2.45) is 0 Å². The molecule has 2 aromatic carbocycles. The number of thiazole rings is 1. The summed E-state index contributed by atoms with van der Waals surface area (Å²) in [5.41, 5.74) is 3.93. The molecular weight excluding hydrogens is 386 g/mol. The van der Waals surface area contributed by atoms with E-state index in [2.05, 4.69) is 30.9 Å². The predicted molar refractivity (Wildman–Crippen MR) is 117 cm³/mol. The number of anilines is 1. The van der Waals surface area contributed by atoms with Crippen LogP contribution in [-0.4, -0.2) is 56.2 Å². The van der Waals surface area contributed by atoms with Gasteiger partial charge in [-0.05, 0) is 69.4 Å². The molecule has 0 N–H and O–H groups in total. The highest BCUT2D eigenvalue weighted by Crippen LogP contribution is 2.34. The number of aromatic nitrogens is 1. The standard InChI is InChI=1S/C22H25N3O3S/c1-14-11-17-20(12-15(14)2)29-22(23-17)25(8-7-24(3)4)21(26)16-5-6-18-19(13-16)28-10-9-27-18/h5-6,11-13H,7-10H2,1-4H3. The number of likely N-dealkylation sites (N-methyl/N-ethyl adjacent to an activating group) is 1. The number of aryl methyl sites for hydroxylation is 2. The third-order valence-electron chi connectivity index (χ3n) is 5.03. The molecule has 0 saturated heterocycles. The van der Waals surface area contributed by atoms with E-state index in [1.807, 2.05) is 14.1 Å². The van der Waals surface area contributed by atoms with Crippen molar-refractivity contribution in [1.82, 2.24) is 9.88 Å². The minimum absolute atomic E-state index is 0.0867. The second-order valence-corrected chi connectivity index (χ2v) is 8.53. The normalized spacial score (nSPS) is 13.1. The lowest BCUT2D eigenvalue weighted by atomic mass is 10.1. The summed E-state index contributed by atoms with van der Waals surface area (Å²) in [6.45, 7) is 6.49. The summed E-state index contributed by atoms with van der Waals surface area (Å²) in [6.07, 6.45) is 0. The molecule has 3 aromatic rings. The van der Waals surface area contributed by atoms with Crippen molar-refractivity contribution in [3.8, 4) is 11.5 Å². The van der Waals surface area contributed by atoms with E-state index < -0.39 is 0 Å².